The summed E-state index contributed by atoms with van der Waals surface area (Å²) in [6.07, 6.45) is 0. The predicted molar refractivity (Wildman–Crippen MR) is 89.4 cm³/mol. The molecule has 0 unspecified atom stereocenters. The highest BCUT2D eigenvalue weighted by atomic mass is 35.5. The molecule has 0 fully saturated rings. The topological polar surface area (TPSA) is 71.3 Å². The van der Waals surface area contributed by atoms with E-state index >= 15 is 0 Å². The fourth-order valence-corrected chi connectivity index (χ4v) is 3.04. The summed E-state index contributed by atoms with van der Waals surface area (Å²) in [6, 6.07) is 7.09. The third-order valence-electron chi connectivity index (χ3n) is 3.02. The van der Waals surface area contributed by atoms with Gasteiger partial charge in [0.15, 0.2) is 11.5 Å². The monoisotopic (exact) mass is 350 g/mol. The molecule has 120 valence electrons. The molecule has 1 aromatic carbocycles. The van der Waals surface area contributed by atoms with Crippen LogP contribution < -0.4 is 14.8 Å². The number of carbonyl (C=O) groups excluding carboxylic acids is 1. The van der Waals surface area contributed by atoms with E-state index in [1.165, 1.54) is 18.4 Å². The van der Waals surface area contributed by atoms with Crippen molar-refractivity contribution >= 4 is 28.8 Å². The zero-order chi connectivity index (χ0) is 16.8. The minimum atomic E-state index is -0.291. The fourth-order valence-electron chi connectivity index (χ4n) is 2.00. The lowest BCUT2D eigenvalue weighted by Crippen LogP contribution is -2.22. The molecule has 0 saturated carbocycles. The number of thiophene rings is 1. The summed E-state index contributed by atoms with van der Waals surface area (Å²) in [7, 11) is 1.53. The number of methoxy groups -OCH3 is 1. The summed E-state index contributed by atoms with van der Waals surface area (Å²) in [6.45, 7) is 2.60. The Balaban J connectivity index is 2.13. The Labute approximate surface area is 143 Å². The number of nitrogens with one attached hydrogen (secondary N) is 1. The molecule has 1 heterocycles. The number of nitrogens with zero attached hydrogens (tertiary/aromatic N) is 1. The van der Waals surface area contributed by atoms with E-state index in [0.29, 0.717) is 33.6 Å². The number of nitriles is 1. The summed E-state index contributed by atoms with van der Waals surface area (Å²) in [5, 5.41) is 13.9. The van der Waals surface area contributed by atoms with Crippen LogP contribution in [0.1, 0.15) is 27.7 Å². The number of carbonyl (C=O) groups is 1. The van der Waals surface area contributed by atoms with Crippen LogP contribution >= 0.6 is 22.9 Å². The van der Waals surface area contributed by atoms with Crippen molar-refractivity contribution in [1.82, 2.24) is 5.32 Å². The number of ether oxygens (including phenoxy) is 2. The number of halogens is 1. The lowest BCUT2D eigenvalue weighted by atomic mass is 10.2. The van der Waals surface area contributed by atoms with Crippen molar-refractivity contribution < 1.29 is 14.3 Å². The lowest BCUT2D eigenvalue weighted by molar-refractivity contribution is 0.0954. The molecular formula is C16H15ClN2O3S. The Kier molecular flexibility index (Phi) is 5.85. The van der Waals surface area contributed by atoms with E-state index in [1.807, 2.05) is 13.0 Å². The molecule has 1 aromatic heterocycles. The minimum absolute atomic E-state index is 0.268. The largest absolute Gasteiger partial charge is 0.493 e. The molecule has 0 aliphatic carbocycles. The van der Waals surface area contributed by atoms with E-state index in [-0.39, 0.29) is 12.5 Å². The Morgan fingerprint density at radius 3 is 2.91 bits per heavy atom. The van der Waals surface area contributed by atoms with Gasteiger partial charge in [0.05, 0.1) is 24.3 Å². The maximum atomic E-state index is 12.1. The molecule has 0 atom stereocenters. The first-order valence-corrected chi connectivity index (χ1v) is 8.11. The maximum absolute atomic E-state index is 12.1. The Morgan fingerprint density at radius 2 is 2.26 bits per heavy atom. The van der Waals surface area contributed by atoms with Crippen molar-refractivity contribution in [3.05, 3.63) is 44.6 Å². The van der Waals surface area contributed by atoms with Crippen LogP contribution in [0, 0.1) is 11.3 Å². The van der Waals surface area contributed by atoms with Gasteiger partial charge < -0.3 is 14.8 Å². The molecule has 2 rings (SSSR count). The lowest BCUT2D eigenvalue weighted by Gasteiger charge is -2.13. The number of hydrogen-bond donors (Lipinski definition) is 1. The number of benzene rings is 1. The predicted octanol–water partition coefficient (Wildman–Crippen LogP) is 3.61. The fraction of sp³-hybridized carbons (Fsp3) is 0.250. The van der Waals surface area contributed by atoms with Gasteiger partial charge in [-0.05, 0) is 36.1 Å². The molecule has 0 radical (unpaired) electrons. The second kappa shape index (κ2) is 7.86. The van der Waals surface area contributed by atoms with Crippen LogP contribution in [0.5, 0.6) is 11.5 Å². The Hall–Kier alpha value is -2.23. The van der Waals surface area contributed by atoms with E-state index in [1.54, 1.807) is 23.6 Å². The van der Waals surface area contributed by atoms with Gasteiger partial charge in [-0.25, -0.2) is 0 Å². The van der Waals surface area contributed by atoms with E-state index in [2.05, 4.69) is 5.32 Å². The molecule has 1 amide bonds. The van der Waals surface area contributed by atoms with Crippen LogP contribution in [0.2, 0.25) is 5.02 Å². The van der Waals surface area contributed by atoms with Crippen LogP contribution in [0.15, 0.2) is 23.6 Å². The molecule has 7 heteroatoms. The van der Waals surface area contributed by atoms with Gasteiger partial charge in [0.2, 0.25) is 0 Å². The van der Waals surface area contributed by atoms with Crippen molar-refractivity contribution in [1.29, 1.82) is 5.26 Å². The average Bonchev–Trinajstić information content (AvgIpc) is 3.03. The van der Waals surface area contributed by atoms with Crippen LogP contribution in [0.25, 0.3) is 0 Å². The second-order valence-corrected chi connectivity index (χ2v) is 5.82. The normalized spacial score (nSPS) is 10.0. The quantitative estimate of drug-likeness (QED) is 0.863. The molecule has 0 aliphatic rings. The first-order chi connectivity index (χ1) is 11.1. The molecule has 0 spiro atoms. The summed E-state index contributed by atoms with van der Waals surface area (Å²) in [5.41, 5.74) is 1.15. The molecule has 5 nitrogen and oxygen atoms in total. The summed E-state index contributed by atoms with van der Waals surface area (Å²) < 4.78 is 10.7. The van der Waals surface area contributed by atoms with Crippen LogP contribution in [0.3, 0.4) is 0 Å². The Bertz CT molecular complexity index is 752. The zero-order valence-electron chi connectivity index (χ0n) is 12.7. The molecule has 0 aliphatic heterocycles. The molecule has 1 N–H and O–H groups in total. The van der Waals surface area contributed by atoms with Gasteiger partial charge in [-0.1, -0.05) is 11.6 Å². The van der Waals surface area contributed by atoms with E-state index in [4.69, 9.17) is 26.3 Å². The first kappa shape index (κ1) is 17.1. The molecule has 23 heavy (non-hydrogen) atoms. The molecule has 0 bridgehead atoms. The number of hydrogen-bond acceptors (Lipinski definition) is 5. The molecular weight excluding hydrogens is 336 g/mol. The minimum Gasteiger partial charge on any atom is -0.493 e. The number of rotatable bonds is 6. The van der Waals surface area contributed by atoms with E-state index in [9.17, 15) is 4.79 Å². The first-order valence-electron chi connectivity index (χ1n) is 6.85. The van der Waals surface area contributed by atoms with Gasteiger partial charge in [-0.15, -0.1) is 11.3 Å². The standard InChI is InChI=1S/C16H15ClN2O3S/c1-3-22-14-12(17)6-10(7-13(14)21-2)9-19-16(20)15-11(8-18)4-5-23-15/h4-7H,3,9H2,1-2H3,(H,19,20). The number of amides is 1. The van der Waals surface area contributed by atoms with Gasteiger partial charge in [0.1, 0.15) is 10.9 Å². The second-order valence-electron chi connectivity index (χ2n) is 4.50. The van der Waals surface area contributed by atoms with Gasteiger partial charge >= 0.3 is 0 Å². The van der Waals surface area contributed by atoms with Gasteiger partial charge in [0, 0.05) is 6.54 Å². The van der Waals surface area contributed by atoms with Crippen molar-refractivity contribution in [2.45, 2.75) is 13.5 Å². The smallest absolute Gasteiger partial charge is 0.262 e. The van der Waals surface area contributed by atoms with E-state index in [0.717, 1.165) is 5.56 Å². The molecule has 2 aromatic rings. The summed E-state index contributed by atoms with van der Waals surface area (Å²) in [5.74, 6) is 0.703. The Morgan fingerprint density at radius 1 is 1.48 bits per heavy atom. The van der Waals surface area contributed by atoms with E-state index < -0.39 is 0 Å². The van der Waals surface area contributed by atoms with Crippen LogP contribution in [-0.2, 0) is 6.54 Å². The maximum Gasteiger partial charge on any atom is 0.262 e. The van der Waals surface area contributed by atoms with Crippen molar-refractivity contribution in [3.8, 4) is 17.6 Å². The van der Waals surface area contributed by atoms with Crippen molar-refractivity contribution in [2.24, 2.45) is 0 Å². The highest BCUT2D eigenvalue weighted by Gasteiger charge is 2.15. The van der Waals surface area contributed by atoms with Crippen molar-refractivity contribution in [3.63, 3.8) is 0 Å². The van der Waals surface area contributed by atoms with Crippen LogP contribution in [0.4, 0.5) is 0 Å². The zero-order valence-corrected chi connectivity index (χ0v) is 14.3. The molecule has 0 saturated heterocycles. The SMILES string of the molecule is CCOc1c(Cl)cc(CNC(=O)c2sccc2C#N)cc1OC. The highest BCUT2D eigenvalue weighted by molar-refractivity contribution is 7.12. The van der Waals surface area contributed by atoms with Gasteiger partial charge in [0.25, 0.3) is 5.91 Å². The van der Waals surface area contributed by atoms with Gasteiger partial charge in [-0.3, -0.25) is 4.79 Å². The highest BCUT2D eigenvalue weighted by Crippen LogP contribution is 2.36. The summed E-state index contributed by atoms with van der Waals surface area (Å²) in [4.78, 5) is 12.5. The summed E-state index contributed by atoms with van der Waals surface area (Å²) >= 11 is 7.43. The van der Waals surface area contributed by atoms with Crippen LogP contribution in [-0.4, -0.2) is 19.6 Å². The third-order valence-corrected chi connectivity index (χ3v) is 4.22. The van der Waals surface area contributed by atoms with Gasteiger partial charge in [-0.2, -0.15) is 5.26 Å². The third kappa shape index (κ3) is 3.95. The van der Waals surface area contributed by atoms with Crippen molar-refractivity contribution in [2.75, 3.05) is 13.7 Å². The average molecular weight is 351 g/mol.